The van der Waals surface area contributed by atoms with Crippen LogP contribution >= 0.6 is 0 Å². The maximum Gasteiger partial charge on any atom is 0.281 e. The third-order valence-electron chi connectivity index (χ3n) is 4.73. The molecule has 0 bridgehead atoms. The van der Waals surface area contributed by atoms with E-state index in [4.69, 9.17) is 4.74 Å². The third-order valence-corrected chi connectivity index (χ3v) is 4.73. The average Bonchev–Trinajstić information content (AvgIpc) is 2.94. The molecule has 0 unspecified atom stereocenters. The molecule has 0 aliphatic rings. The Morgan fingerprint density at radius 3 is 2.23 bits per heavy atom. The first-order valence-corrected chi connectivity index (χ1v) is 8.41. The number of benzene rings is 2. The Hall–Kier alpha value is -3.34. The summed E-state index contributed by atoms with van der Waals surface area (Å²) in [4.78, 5) is 13.1. The standard InChI is InChI=1S/C21H19N3O2/c1-14-19-13-22-24(17-7-5-4-6-8-17)21(25)20(19)15(2)23(14)16-9-11-18(26-3)12-10-16/h4-13H,1-3H3. The van der Waals surface area contributed by atoms with Crippen molar-refractivity contribution >= 4 is 10.8 Å². The molecule has 0 fully saturated rings. The number of nitrogens with zero attached hydrogens (tertiary/aromatic N) is 3. The second-order valence-electron chi connectivity index (χ2n) is 6.19. The zero-order valence-electron chi connectivity index (χ0n) is 14.9. The first kappa shape index (κ1) is 16.1. The minimum absolute atomic E-state index is 0.110. The van der Waals surface area contributed by atoms with Crippen LogP contribution in [0, 0.1) is 13.8 Å². The van der Waals surface area contributed by atoms with Gasteiger partial charge in [0.05, 0.1) is 24.4 Å². The molecule has 2 aromatic carbocycles. The summed E-state index contributed by atoms with van der Waals surface area (Å²) in [6, 6.07) is 17.3. The van der Waals surface area contributed by atoms with Gasteiger partial charge >= 0.3 is 0 Å². The van der Waals surface area contributed by atoms with E-state index in [1.165, 1.54) is 4.68 Å². The Kier molecular flexibility index (Phi) is 3.84. The third kappa shape index (κ3) is 2.40. The van der Waals surface area contributed by atoms with Crippen molar-refractivity contribution in [2.24, 2.45) is 0 Å². The van der Waals surface area contributed by atoms with Crippen LogP contribution in [0.3, 0.4) is 0 Å². The molecule has 2 heterocycles. The van der Waals surface area contributed by atoms with Crippen LogP contribution in [0.5, 0.6) is 5.75 Å². The van der Waals surface area contributed by atoms with E-state index >= 15 is 0 Å². The lowest BCUT2D eigenvalue weighted by atomic mass is 10.2. The molecule has 0 radical (unpaired) electrons. The zero-order valence-corrected chi connectivity index (χ0v) is 14.9. The first-order valence-electron chi connectivity index (χ1n) is 8.41. The van der Waals surface area contributed by atoms with Crippen LogP contribution in [-0.2, 0) is 0 Å². The summed E-state index contributed by atoms with van der Waals surface area (Å²) in [5, 5.41) is 5.95. The number of methoxy groups -OCH3 is 1. The minimum atomic E-state index is -0.110. The minimum Gasteiger partial charge on any atom is -0.497 e. The number of aryl methyl sites for hydroxylation is 2. The lowest BCUT2D eigenvalue weighted by Gasteiger charge is -2.10. The molecule has 0 spiro atoms. The van der Waals surface area contributed by atoms with Gasteiger partial charge in [-0.25, -0.2) is 0 Å². The van der Waals surface area contributed by atoms with Gasteiger partial charge in [0, 0.05) is 22.5 Å². The molecule has 4 rings (SSSR count). The summed E-state index contributed by atoms with van der Waals surface area (Å²) in [7, 11) is 1.65. The smallest absolute Gasteiger partial charge is 0.281 e. The predicted octanol–water partition coefficient (Wildman–Crippen LogP) is 3.80. The molecule has 0 saturated heterocycles. The summed E-state index contributed by atoms with van der Waals surface area (Å²) in [5.41, 5.74) is 3.53. The van der Waals surface area contributed by atoms with Crippen LogP contribution in [-0.4, -0.2) is 21.5 Å². The van der Waals surface area contributed by atoms with Gasteiger partial charge in [-0.3, -0.25) is 4.79 Å². The van der Waals surface area contributed by atoms with Gasteiger partial charge in [0.15, 0.2) is 0 Å². The van der Waals surface area contributed by atoms with E-state index in [1.54, 1.807) is 13.3 Å². The highest BCUT2D eigenvalue weighted by atomic mass is 16.5. The van der Waals surface area contributed by atoms with Crippen LogP contribution in [0.2, 0.25) is 0 Å². The summed E-state index contributed by atoms with van der Waals surface area (Å²) in [6.45, 7) is 3.98. The highest BCUT2D eigenvalue weighted by Crippen LogP contribution is 2.27. The van der Waals surface area contributed by atoms with Gasteiger partial charge in [-0.2, -0.15) is 9.78 Å². The van der Waals surface area contributed by atoms with Crippen molar-refractivity contribution in [2.75, 3.05) is 7.11 Å². The molecule has 5 heteroatoms. The van der Waals surface area contributed by atoms with Crippen molar-refractivity contribution in [2.45, 2.75) is 13.8 Å². The number of hydrogen-bond donors (Lipinski definition) is 0. The predicted molar refractivity (Wildman–Crippen MR) is 103 cm³/mol. The van der Waals surface area contributed by atoms with Gasteiger partial charge in [0.1, 0.15) is 5.75 Å². The maximum absolute atomic E-state index is 13.1. The summed E-state index contributed by atoms with van der Waals surface area (Å²) < 4.78 is 8.77. The maximum atomic E-state index is 13.1. The van der Waals surface area contributed by atoms with Gasteiger partial charge < -0.3 is 9.30 Å². The SMILES string of the molecule is COc1ccc(-n2c(C)c3cnn(-c4ccccc4)c(=O)c3c2C)cc1. The number of fused-ring (bicyclic) bond motifs is 1. The quantitative estimate of drug-likeness (QED) is 0.567. The van der Waals surface area contributed by atoms with E-state index in [2.05, 4.69) is 9.67 Å². The molecule has 130 valence electrons. The number of hydrogen-bond acceptors (Lipinski definition) is 3. The average molecular weight is 345 g/mol. The van der Waals surface area contributed by atoms with Gasteiger partial charge in [-0.15, -0.1) is 0 Å². The van der Waals surface area contributed by atoms with Crippen molar-refractivity contribution in [3.8, 4) is 17.1 Å². The Bertz CT molecular complexity index is 1140. The van der Waals surface area contributed by atoms with Crippen LogP contribution < -0.4 is 10.3 Å². The molecule has 0 saturated carbocycles. The van der Waals surface area contributed by atoms with Crippen LogP contribution in [0.25, 0.3) is 22.1 Å². The van der Waals surface area contributed by atoms with Crippen molar-refractivity contribution in [3.05, 3.63) is 82.5 Å². The van der Waals surface area contributed by atoms with E-state index in [9.17, 15) is 4.79 Å². The first-order chi connectivity index (χ1) is 12.6. The molecule has 0 aliphatic heterocycles. The fraction of sp³-hybridized carbons (Fsp3) is 0.143. The van der Waals surface area contributed by atoms with E-state index in [0.717, 1.165) is 33.9 Å². The van der Waals surface area contributed by atoms with Gasteiger partial charge in [0.25, 0.3) is 5.56 Å². The summed E-state index contributed by atoms with van der Waals surface area (Å²) >= 11 is 0. The molecular weight excluding hydrogens is 326 g/mol. The fourth-order valence-electron chi connectivity index (χ4n) is 3.43. The second kappa shape index (κ2) is 6.19. The molecule has 0 atom stereocenters. The van der Waals surface area contributed by atoms with Gasteiger partial charge in [-0.05, 0) is 50.2 Å². The van der Waals surface area contributed by atoms with Crippen molar-refractivity contribution in [1.82, 2.24) is 14.3 Å². The topological polar surface area (TPSA) is 49.0 Å². The number of rotatable bonds is 3. The summed E-state index contributed by atoms with van der Waals surface area (Å²) in [5.74, 6) is 0.800. The van der Waals surface area contributed by atoms with Gasteiger partial charge in [0.2, 0.25) is 0 Å². The zero-order chi connectivity index (χ0) is 18.3. The number of ether oxygens (including phenoxy) is 1. The van der Waals surface area contributed by atoms with E-state index < -0.39 is 0 Å². The van der Waals surface area contributed by atoms with Crippen molar-refractivity contribution < 1.29 is 4.74 Å². The van der Waals surface area contributed by atoms with E-state index in [1.807, 2.05) is 68.4 Å². The Morgan fingerprint density at radius 1 is 0.885 bits per heavy atom. The van der Waals surface area contributed by atoms with Crippen LogP contribution in [0.15, 0.2) is 65.6 Å². The monoisotopic (exact) mass is 345 g/mol. The Balaban J connectivity index is 1.97. The van der Waals surface area contributed by atoms with Crippen LogP contribution in [0.1, 0.15) is 11.4 Å². The molecule has 5 nitrogen and oxygen atoms in total. The largest absolute Gasteiger partial charge is 0.497 e. The second-order valence-corrected chi connectivity index (χ2v) is 6.19. The van der Waals surface area contributed by atoms with E-state index in [0.29, 0.717) is 5.39 Å². The normalized spacial score (nSPS) is 11.0. The number of para-hydroxylation sites is 1. The molecular formula is C21H19N3O2. The molecule has 4 aromatic rings. The van der Waals surface area contributed by atoms with Gasteiger partial charge in [-0.1, -0.05) is 18.2 Å². The molecule has 2 aromatic heterocycles. The molecule has 0 amide bonds. The molecule has 0 N–H and O–H groups in total. The van der Waals surface area contributed by atoms with Crippen molar-refractivity contribution in [3.63, 3.8) is 0 Å². The Morgan fingerprint density at radius 2 is 1.58 bits per heavy atom. The van der Waals surface area contributed by atoms with E-state index in [-0.39, 0.29) is 5.56 Å². The number of aromatic nitrogens is 3. The highest BCUT2D eigenvalue weighted by Gasteiger charge is 2.17. The lowest BCUT2D eigenvalue weighted by Crippen LogP contribution is -2.20. The Labute approximate surface area is 151 Å². The fourth-order valence-corrected chi connectivity index (χ4v) is 3.43. The van der Waals surface area contributed by atoms with Crippen LogP contribution in [0.4, 0.5) is 0 Å². The summed E-state index contributed by atoms with van der Waals surface area (Å²) in [6.07, 6.45) is 1.77. The van der Waals surface area contributed by atoms with Crippen molar-refractivity contribution in [1.29, 1.82) is 0 Å². The molecule has 0 aliphatic carbocycles. The molecule has 26 heavy (non-hydrogen) atoms. The lowest BCUT2D eigenvalue weighted by molar-refractivity contribution is 0.414. The highest BCUT2D eigenvalue weighted by molar-refractivity contribution is 5.88.